The van der Waals surface area contributed by atoms with Crippen molar-refractivity contribution in [1.82, 2.24) is 9.80 Å². The molecule has 25 heavy (non-hydrogen) atoms. The van der Waals surface area contributed by atoms with Gasteiger partial charge in [0, 0.05) is 39.0 Å². The van der Waals surface area contributed by atoms with E-state index in [1.165, 1.54) is 6.26 Å². The quantitative estimate of drug-likeness (QED) is 0.684. The topological polar surface area (TPSA) is 66.9 Å². The van der Waals surface area contributed by atoms with E-state index in [1.54, 1.807) is 11.8 Å². The third-order valence-corrected chi connectivity index (χ3v) is 5.75. The second-order valence-electron chi connectivity index (χ2n) is 6.49. The summed E-state index contributed by atoms with van der Waals surface area (Å²) in [6, 6.07) is 5.75. The number of ether oxygens (including phenoxy) is 1. The molecule has 1 aromatic rings. The van der Waals surface area contributed by atoms with Gasteiger partial charge in [-0.05, 0) is 47.5 Å². The van der Waals surface area contributed by atoms with Crippen molar-refractivity contribution in [3.05, 3.63) is 28.2 Å². The molecule has 1 heterocycles. The molecule has 1 unspecified atom stereocenters. The molecule has 2 rings (SSSR count). The summed E-state index contributed by atoms with van der Waals surface area (Å²) in [5.41, 5.74) is 1.11. The van der Waals surface area contributed by atoms with Crippen LogP contribution in [0.2, 0.25) is 0 Å². The first-order valence-electron chi connectivity index (χ1n) is 8.27. The highest BCUT2D eigenvalue weighted by atomic mass is 79.9. The second kappa shape index (κ2) is 8.51. The largest absolute Gasteiger partial charge is 0.480 e. The van der Waals surface area contributed by atoms with Crippen LogP contribution in [-0.4, -0.2) is 75.0 Å². The van der Waals surface area contributed by atoms with E-state index in [0.717, 1.165) is 10.0 Å². The van der Waals surface area contributed by atoms with Crippen molar-refractivity contribution < 1.29 is 17.9 Å². The van der Waals surface area contributed by atoms with Gasteiger partial charge in [-0.2, -0.15) is 0 Å². The Bertz CT molecular complexity index is 715. The van der Waals surface area contributed by atoms with Crippen LogP contribution in [0, 0.1) is 6.92 Å². The molecular weight excluding hydrogens is 408 g/mol. The van der Waals surface area contributed by atoms with Gasteiger partial charge in [0.2, 0.25) is 0 Å². The second-order valence-corrected chi connectivity index (χ2v) is 9.60. The van der Waals surface area contributed by atoms with Crippen molar-refractivity contribution in [3.63, 3.8) is 0 Å². The maximum Gasteiger partial charge on any atom is 0.263 e. The lowest BCUT2D eigenvalue weighted by Gasteiger charge is -2.35. The summed E-state index contributed by atoms with van der Waals surface area (Å²) < 4.78 is 29.1. The fraction of sp³-hybridized carbons (Fsp3) is 0.588. The number of halogens is 1. The van der Waals surface area contributed by atoms with E-state index >= 15 is 0 Å². The number of hydrogen-bond donors (Lipinski definition) is 0. The Kier molecular flexibility index (Phi) is 6.87. The van der Waals surface area contributed by atoms with E-state index in [9.17, 15) is 13.2 Å². The highest BCUT2D eigenvalue weighted by Gasteiger charge is 2.26. The number of benzene rings is 1. The minimum atomic E-state index is -2.96. The van der Waals surface area contributed by atoms with Gasteiger partial charge in [0.1, 0.15) is 15.6 Å². The molecule has 1 aliphatic heterocycles. The Morgan fingerprint density at radius 3 is 2.48 bits per heavy atom. The highest BCUT2D eigenvalue weighted by molar-refractivity contribution is 9.10. The lowest BCUT2D eigenvalue weighted by atomic mass is 10.2. The predicted molar refractivity (Wildman–Crippen MR) is 102 cm³/mol. The first-order valence-corrected chi connectivity index (χ1v) is 11.1. The molecule has 0 spiro atoms. The van der Waals surface area contributed by atoms with Gasteiger partial charge in [0.25, 0.3) is 5.91 Å². The average Bonchev–Trinajstić information content (AvgIpc) is 2.54. The highest BCUT2D eigenvalue weighted by Crippen LogP contribution is 2.27. The van der Waals surface area contributed by atoms with E-state index in [0.29, 0.717) is 38.5 Å². The fourth-order valence-corrected chi connectivity index (χ4v) is 3.86. The Hall–Kier alpha value is -1.12. The van der Waals surface area contributed by atoms with Crippen LogP contribution in [0.1, 0.15) is 12.5 Å². The zero-order valence-electron chi connectivity index (χ0n) is 14.9. The standard InChI is InChI=1S/C17H25BrN2O4S/c1-13-4-5-16(15(18)12-13)24-14(2)17(21)20-8-6-19(7-9-20)10-11-25(3,22)23/h4-5,12,14H,6-11H2,1-3H3. The van der Waals surface area contributed by atoms with Crippen molar-refractivity contribution in [2.45, 2.75) is 20.0 Å². The Balaban J connectivity index is 1.85. The number of carbonyl (C=O) groups is 1. The third kappa shape index (κ3) is 6.27. The van der Waals surface area contributed by atoms with Gasteiger partial charge in [-0.25, -0.2) is 8.42 Å². The van der Waals surface area contributed by atoms with Gasteiger partial charge in [-0.3, -0.25) is 9.69 Å². The summed E-state index contributed by atoms with van der Waals surface area (Å²) >= 11 is 3.46. The zero-order valence-corrected chi connectivity index (χ0v) is 17.3. The number of rotatable bonds is 6. The first kappa shape index (κ1) is 20.2. The SMILES string of the molecule is Cc1ccc(OC(C)C(=O)N2CCN(CCS(C)(=O)=O)CC2)c(Br)c1. The molecule has 8 heteroatoms. The van der Waals surface area contributed by atoms with Crippen molar-refractivity contribution in [3.8, 4) is 5.75 Å². The fourth-order valence-electron chi connectivity index (χ4n) is 2.69. The van der Waals surface area contributed by atoms with E-state index in [1.807, 2.05) is 25.1 Å². The van der Waals surface area contributed by atoms with Crippen LogP contribution in [0.4, 0.5) is 0 Å². The summed E-state index contributed by atoms with van der Waals surface area (Å²) in [4.78, 5) is 16.4. The number of nitrogens with zero attached hydrogens (tertiary/aromatic N) is 2. The van der Waals surface area contributed by atoms with E-state index in [-0.39, 0.29) is 11.7 Å². The summed E-state index contributed by atoms with van der Waals surface area (Å²) in [6.07, 6.45) is 0.677. The number of piperazine rings is 1. The first-order chi connectivity index (χ1) is 11.7. The summed E-state index contributed by atoms with van der Waals surface area (Å²) in [6.45, 7) is 6.81. The zero-order chi connectivity index (χ0) is 18.6. The molecule has 0 N–H and O–H groups in total. The predicted octanol–water partition coefficient (Wildman–Crippen LogP) is 1.71. The van der Waals surface area contributed by atoms with E-state index < -0.39 is 15.9 Å². The van der Waals surface area contributed by atoms with Crippen LogP contribution in [0.25, 0.3) is 0 Å². The molecule has 1 atom stereocenters. The Morgan fingerprint density at radius 2 is 1.92 bits per heavy atom. The number of amides is 1. The molecule has 6 nitrogen and oxygen atoms in total. The molecule has 1 saturated heterocycles. The van der Waals surface area contributed by atoms with Gasteiger partial charge in [-0.1, -0.05) is 6.07 Å². The van der Waals surface area contributed by atoms with Crippen LogP contribution in [0.3, 0.4) is 0 Å². The summed E-state index contributed by atoms with van der Waals surface area (Å²) in [7, 11) is -2.96. The van der Waals surface area contributed by atoms with E-state index in [4.69, 9.17) is 4.74 Å². The third-order valence-electron chi connectivity index (χ3n) is 4.20. The lowest BCUT2D eigenvalue weighted by molar-refractivity contribution is -0.139. The van der Waals surface area contributed by atoms with Crippen molar-refractivity contribution in [2.24, 2.45) is 0 Å². The maximum absolute atomic E-state index is 12.6. The van der Waals surface area contributed by atoms with Gasteiger partial charge in [-0.15, -0.1) is 0 Å². The van der Waals surface area contributed by atoms with Crippen molar-refractivity contribution in [2.75, 3.05) is 44.7 Å². The number of aryl methyl sites for hydroxylation is 1. The smallest absolute Gasteiger partial charge is 0.263 e. The lowest BCUT2D eigenvalue weighted by Crippen LogP contribution is -2.52. The maximum atomic E-state index is 12.6. The molecular formula is C17H25BrN2O4S. The molecule has 140 valence electrons. The van der Waals surface area contributed by atoms with Gasteiger partial charge in [0.15, 0.2) is 6.10 Å². The van der Waals surface area contributed by atoms with Crippen LogP contribution in [0.5, 0.6) is 5.75 Å². The van der Waals surface area contributed by atoms with Crippen molar-refractivity contribution in [1.29, 1.82) is 0 Å². The molecule has 0 aliphatic carbocycles. The average molecular weight is 433 g/mol. The Labute approximate surface area is 158 Å². The van der Waals surface area contributed by atoms with Crippen molar-refractivity contribution >= 4 is 31.7 Å². The molecule has 1 fully saturated rings. The molecule has 1 aliphatic rings. The molecule has 0 saturated carbocycles. The van der Waals surface area contributed by atoms with E-state index in [2.05, 4.69) is 20.8 Å². The molecule has 1 aromatic carbocycles. The summed E-state index contributed by atoms with van der Waals surface area (Å²) in [5.74, 6) is 0.760. The normalized spacial score (nSPS) is 17.4. The number of carbonyl (C=O) groups excluding carboxylic acids is 1. The minimum absolute atomic E-state index is 0.0461. The minimum Gasteiger partial charge on any atom is -0.480 e. The van der Waals surface area contributed by atoms with Crippen LogP contribution >= 0.6 is 15.9 Å². The summed E-state index contributed by atoms with van der Waals surface area (Å²) in [5, 5.41) is 0. The Morgan fingerprint density at radius 1 is 1.28 bits per heavy atom. The monoisotopic (exact) mass is 432 g/mol. The number of hydrogen-bond acceptors (Lipinski definition) is 5. The molecule has 0 bridgehead atoms. The van der Waals surface area contributed by atoms with Gasteiger partial charge in [0.05, 0.1) is 10.2 Å². The molecule has 0 aromatic heterocycles. The van der Waals surface area contributed by atoms with Gasteiger partial charge < -0.3 is 9.64 Å². The molecule has 1 amide bonds. The van der Waals surface area contributed by atoms with Gasteiger partial charge >= 0.3 is 0 Å². The van der Waals surface area contributed by atoms with Crippen LogP contribution in [-0.2, 0) is 14.6 Å². The van der Waals surface area contributed by atoms with Crippen LogP contribution < -0.4 is 4.74 Å². The molecule has 0 radical (unpaired) electrons. The van der Waals surface area contributed by atoms with Crippen LogP contribution in [0.15, 0.2) is 22.7 Å². The number of sulfone groups is 1.